The van der Waals surface area contributed by atoms with Gasteiger partial charge in [-0.15, -0.1) is 0 Å². The average Bonchev–Trinajstić information content (AvgIpc) is 3.11. The fourth-order valence-electron chi connectivity index (χ4n) is 2.22. The first-order chi connectivity index (χ1) is 11.9. The molecule has 0 fully saturated rings. The highest BCUT2D eigenvalue weighted by molar-refractivity contribution is 7.89. The second kappa shape index (κ2) is 8.57. The van der Waals surface area contributed by atoms with Crippen molar-refractivity contribution >= 4 is 27.3 Å². The number of thiophene rings is 1. The molecule has 1 amide bonds. The third-order valence-corrected chi connectivity index (χ3v) is 6.25. The van der Waals surface area contributed by atoms with E-state index in [0.29, 0.717) is 25.3 Å². The zero-order valence-corrected chi connectivity index (χ0v) is 16.1. The molecule has 2 aromatic rings. The Hall–Kier alpha value is -1.74. The Kier molecular flexibility index (Phi) is 6.71. The van der Waals surface area contributed by atoms with E-state index in [1.165, 1.54) is 26.2 Å². The van der Waals surface area contributed by atoms with Gasteiger partial charge in [0.05, 0.1) is 11.5 Å². The van der Waals surface area contributed by atoms with E-state index in [0.717, 1.165) is 9.87 Å². The summed E-state index contributed by atoms with van der Waals surface area (Å²) in [6, 6.07) is 7.99. The highest BCUT2D eigenvalue weighted by Crippen LogP contribution is 2.17. The minimum Gasteiger partial charge on any atom is -0.383 e. The molecule has 136 valence electrons. The molecule has 0 bridgehead atoms. The van der Waals surface area contributed by atoms with Gasteiger partial charge >= 0.3 is 0 Å². The van der Waals surface area contributed by atoms with E-state index in [-0.39, 0.29) is 10.8 Å². The highest BCUT2D eigenvalue weighted by atomic mass is 32.2. The van der Waals surface area contributed by atoms with Crippen molar-refractivity contribution in [3.05, 3.63) is 52.2 Å². The molecule has 0 atom stereocenters. The summed E-state index contributed by atoms with van der Waals surface area (Å²) in [5.41, 5.74) is 1.50. The van der Waals surface area contributed by atoms with Crippen molar-refractivity contribution in [3.8, 4) is 0 Å². The van der Waals surface area contributed by atoms with E-state index < -0.39 is 10.0 Å². The molecule has 2 rings (SSSR count). The van der Waals surface area contributed by atoms with Crippen LogP contribution in [-0.2, 0) is 21.3 Å². The van der Waals surface area contributed by atoms with E-state index in [9.17, 15) is 13.2 Å². The minimum absolute atomic E-state index is 0.156. The zero-order chi connectivity index (χ0) is 18.4. The molecule has 1 aromatic carbocycles. The van der Waals surface area contributed by atoms with Gasteiger partial charge in [-0.25, -0.2) is 12.7 Å². The van der Waals surface area contributed by atoms with Gasteiger partial charge in [-0.2, -0.15) is 11.3 Å². The van der Waals surface area contributed by atoms with Crippen LogP contribution < -0.4 is 0 Å². The molecule has 0 aliphatic heterocycles. The lowest BCUT2D eigenvalue weighted by Crippen LogP contribution is -2.33. The smallest absolute Gasteiger partial charge is 0.254 e. The molecule has 0 spiro atoms. The highest BCUT2D eigenvalue weighted by Gasteiger charge is 2.20. The molecule has 25 heavy (non-hydrogen) atoms. The summed E-state index contributed by atoms with van der Waals surface area (Å²) in [6.07, 6.45) is 0. The lowest BCUT2D eigenvalue weighted by Gasteiger charge is -2.22. The van der Waals surface area contributed by atoms with Crippen molar-refractivity contribution in [2.45, 2.75) is 11.4 Å². The van der Waals surface area contributed by atoms with Crippen LogP contribution in [0.25, 0.3) is 0 Å². The van der Waals surface area contributed by atoms with Crippen LogP contribution in [0, 0.1) is 0 Å². The van der Waals surface area contributed by atoms with Gasteiger partial charge in [-0.3, -0.25) is 4.79 Å². The standard InChI is InChI=1S/C17H22N2O4S2/c1-18(2)25(21,22)16-6-4-15(5-7-16)17(20)19(9-10-23-3)12-14-8-11-24-13-14/h4-8,11,13H,9-10,12H2,1-3H3. The van der Waals surface area contributed by atoms with Crippen LogP contribution >= 0.6 is 11.3 Å². The summed E-state index contributed by atoms with van der Waals surface area (Å²) in [5, 5.41) is 3.97. The molecule has 1 aromatic heterocycles. The lowest BCUT2D eigenvalue weighted by molar-refractivity contribution is 0.0680. The Morgan fingerprint density at radius 2 is 1.84 bits per heavy atom. The summed E-state index contributed by atoms with van der Waals surface area (Å²) >= 11 is 1.58. The number of hydrogen-bond donors (Lipinski definition) is 0. The largest absolute Gasteiger partial charge is 0.383 e. The first-order valence-corrected chi connectivity index (χ1v) is 10.1. The number of hydrogen-bond acceptors (Lipinski definition) is 5. The maximum absolute atomic E-state index is 12.8. The second-order valence-corrected chi connectivity index (χ2v) is 8.59. The number of carbonyl (C=O) groups is 1. The number of benzene rings is 1. The van der Waals surface area contributed by atoms with Gasteiger partial charge in [-0.05, 0) is 46.7 Å². The van der Waals surface area contributed by atoms with E-state index in [4.69, 9.17) is 4.74 Å². The number of ether oxygens (including phenoxy) is 1. The Morgan fingerprint density at radius 1 is 1.16 bits per heavy atom. The Morgan fingerprint density at radius 3 is 2.36 bits per heavy atom. The lowest BCUT2D eigenvalue weighted by atomic mass is 10.2. The SMILES string of the molecule is COCCN(Cc1ccsc1)C(=O)c1ccc(S(=O)(=O)N(C)C)cc1. The summed E-state index contributed by atoms with van der Waals surface area (Å²) in [7, 11) is 1.03. The average molecular weight is 383 g/mol. The molecule has 6 nitrogen and oxygen atoms in total. The van der Waals surface area contributed by atoms with Gasteiger partial charge < -0.3 is 9.64 Å². The molecule has 0 saturated carbocycles. The van der Waals surface area contributed by atoms with Crippen LogP contribution in [0.3, 0.4) is 0 Å². The van der Waals surface area contributed by atoms with Crippen LogP contribution in [0.4, 0.5) is 0 Å². The molecule has 8 heteroatoms. The molecule has 0 aliphatic rings. The van der Waals surface area contributed by atoms with E-state index in [2.05, 4.69) is 0 Å². The third-order valence-electron chi connectivity index (χ3n) is 3.69. The van der Waals surface area contributed by atoms with Gasteiger partial charge in [0.1, 0.15) is 0 Å². The predicted molar refractivity (Wildman–Crippen MR) is 98.3 cm³/mol. The first kappa shape index (κ1) is 19.6. The molecule has 0 unspecified atom stereocenters. The maximum Gasteiger partial charge on any atom is 0.254 e. The van der Waals surface area contributed by atoms with Gasteiger partial charge in [0.15, 0.2) is 0 Å². The second-order valence-electron chi connectivity index (χ2n) is 5.66. The summed E-state index contributed by atoms with van der Waals surface area (Å²) in [4.78, 5) is 14.6. The topological polar surface area (TPSA) is 66.9 Å². The van der Waals surface area contributed by atoms with Crippen LogP contribution in [0.5, 0.6) is 0 Å². The van der Waals surface area contributed by atoms with Crippen molar-refractivity contribution in [1.29, 1.82) is 0 Å². The number of methoxy groups -OCH3 is 1. The van der Waals surface area contributed by atoms with Gasteiger partial charge in [0.25, 0.3) is 5.91 Å². The van der Waals surface area contributed by atoms with E-state index >= 15 is 0 Å². The molecular weight excluding hydrogens is 360 g/mol. The Balaban J connectivity index is 2.20. The van der Waals surface area contributed by atoms with Gasteiger partial charge in [0.2, 0.25) is 10.0 Å². The maximum atomic E-state index is 12.8. The van der Waals surface area contributed by atoms with Crippen LogP contribution in [-0.4, -0.2) is 57.9 Å². The van der Waals surface area contributed by atoms with Crippen molar-refractivity contribution in [1.82, 2.24) is 9.21 Å². The first-order valence-electron chi connectivity index (χ1n) is 7.68. The quantitative estimate of drug-likeness (QED) is 0.703. The van der Waals surface area contributed by atoms with Crippen LogP contribution in [0.15, 0.2) is 46.0 Å². The van der Waals surface area contributed by atoms with Gasteiger partial charge in [0, 0.05) is 39.9 Å². The predicted octanol–water partition coefficient (Wildman–Crippen LogP) is 2.29. The molecule has 0 N–H and O–H groups in total. The van der Waals surface area contributed by atoms with Crippen molar-refractivity contribution in [2.75, 3.05) is 34.4 Å². The number of rotatable bonds is 8. The number of carbonyl (C=O) groups excluding carboxylic acids is 1. The normalized spacial score (nSPS) is 11.7. The Labute approximate surface area is 152 Å². The molecule has 0 aliphatic carbocycles. The minimum atomic E-state index is -3.50. The van der Waals surface area contributed by atoms with Crippen molar-refractivity contribution in [3.63, 3.8) is 0 Å². The summed E-state index contributed by atoms with van der Waals surface area (Å²) in [5.74, 6) is -0.156. The van der Waals surface area contributed by atoms with Gasteiger partial charge in [-0.1, -0.05) is 0 Å². The summed E-state index contributed by atoms with van der Waals surface area (Å²) < 4.78 is 30.5. The fourth-order valence-corrected chi connectivity index (χ4v) is 3.78. The van der Waals surface area contributed by atoms with Crippen LogP contribution in [0.1, 0.15) is 15.9 Å². The molecule has 0 radical (unpaired) electrons. The number of sulfonamides is 1. The Bertz CT molecular complexity index is 785. The molecular formula is C17H22N2O4S2. The monoisotopic (exact) mass is 382 g/mol. The number of amides is 1. The zero-order valence-electron chi connectivity index (χ0n) is 14.5. The molecule has 1 heterocycles. The van der Waals surface area contributed by atoms with E-state index in [1.807, 2.05) is 16.8 Å². The third kappa shape index (κ3) is 4.88. The van der Waals surface area contributed by atoms with Crippen molar-refractivity contribution in [2.24, 2.45) is 0 Å². The fraction of sp³-hybridized carbons (Fsp3) is 0.353. The van der Waals surface area contributed by atoms with Crippen LogP contribution in [0.2, 0.25) is 0 Å². The van der Waals surface area contributed by atoms with Crippen molar-refractivity contribution < 1.29 is 17.9 Å². The summed E-state index contributed by atoms with van der Waals surface area (Å²) in [6.45, 7) is 1.38. The molecule has 0 saturated heterocycles. The number of nitrogens with zero attached hydrogens (tertiary/aromatic N) is 2. The van der Waals surface area contributed by atoms with E-state index in [1.54, 1.807) is 35.5 Å².